The Balaban J connectivity index is 0.000000295. The molecule has 10 heteroatoms. The number of nitrogens with zero attached hydrogens (tertiary/aromatic N) is 1. The highest BCUT2D eigenvalue weighted by atomic mass is 19.1. The van der Waals surface area contributed by atoms with Gasteiger partial charge in [-0.15, -0.1) is 13.2 Å². The van der Waals surface area contributed by atoms with Gasteiger partial charge in [-0.2, -0.15) is 0 Å². The second-order valence-corrected chi connectivity index (χ2v) is 8.20. The number of amides is 1. The fraction of sp³-hybridized carbons (Fsp3) is 0.385. The predicted octanol–water partition coefficient (Wildman–Crippen LogP) is 3.23. The molecule has 2 saturated heterocycles. The van der Waals surface area contributed by atoms with Crippen molar-refractivity contribution >= 4 is 11.9 Å². The smallest absolute Gasteiger partial charge is 0.333 e. The highest BCUT2D eigenvalue weighted by Gasteiger charge is 2.36. The number of rotatable bonds is 6. The minimum Gasteiger partial charge on any atom is -0.479 e. The van der Waals surface area contributed by atoms with E-state index < -0.39 is 30.6 Å². The standard InChI is InChI=1S/C15H18N2O6.C9H11FO.C2H4/c16-17-11(7-13(17)19)8-1-3-10(4-2-8)22-14-6-9(18)5-12(23-14)15(20)21;1-2-9(11)7-3-5-8(10)6-4-7;1-2/h1-4,9,11-12,14,18H,5-7,16H2,(H,20,21);3-6,9,11H,2H2,1H3;1-2H2/t9-,11-,12-,14+;9-;/m00./s1. The predicted molar refractivity (Wildman–Crippen MR) is 130 cm³/mol. The number of ether oxygens (including phenoxy) is 2. The minimum atomic E-state index is -1.12. The van der Waals surface area contributed by atoms with E-state index in [-0.39, 0.29) is 30.6 Å². The summed E-state index contributed by atoms with van der Waals surface area (Å²) in [6.45, 7) is 7.88. The molecule has 0 bridgehead atoms. The lowest BCUT2D eigenvalue weighted by Gasteiger charge is -2.36. The van der Waals surface area contributed by atoms with Crippen molar-refractivity contribution in [1.82, 2.24) is 5.01 Å². The van der Waals surface area contributed by atoms with Crippen molar-refractivity contribution in [2.24, 2.45) is 5.84 Å². The van der Waals surface area contributed by atoms with Crippen LogP contribution in [0.15, 0.2) is 61.7 Å². The first kappa shape index (κ1) is 28.9. The maximum atomic E-state index is 12.4. The molecule has 5 atom stereocenters. The van der Waals surface area contributed by atoms with Crippen LogP contribution in [0, 0.1) is 5.82 Å². The quantitative estimate of drug-likeness (QED) is 0.203. The van der Waals surface area contributed by atoms with Crippen LogP contribution in [0.1, 0.15) is 55.9 Å². The number of carboxylic acid groups (broad SMARTS) is 1. The highest BCUT2D eigenvalue weighted by molar-refractivity contribution is 5.82. The van der Waals surface area contributed by atoms with Gasteiger partial charge in [0.05, 0.1) is 24.7 Å². The van der Waals surface area contributed by atoms with Crippen molar-refractivity contribution < 1.29 is 38.8 Å². The molecule has 2 aromatic rings. The molecule has 4 rings (SSSR count). The summed E-state index contributed by atoms with van der Waals surface area (Å²) in [5.74, 6) is 4.60. The van der Waals surface area contributed by atoms with Gasteiger partial charge in [0.2, 0.25) is 12.2 Å². The molecule has 2 heterocycles. The van der Waals surface area contributed by atoms with E-state index >= 15 is 0 Å². The van der Waals surface area contributed by atoms with Gasteiger partial charge in [-0.1, -0.05) is 31.2 Å². The molecule has 0 aromatic heterocycles. The maximum Gasteiger partial charge on any atom is 0.333 e. The van der Waals surface area contributed by atoms with Crippen molar-refractivity contribution in [2.75, 3.05) is 0 Å². The average molecular weight is 505 g/mol. The Bertz CT molecular complexity index is 987. The monoisotopic (exact) mass is 504 g/mol. The molecule has 2 fully saturated rings. The van der Waals surface area contributed by atoms with Crippen molar-refractivity contribution in [3.63, 3.8) is 0 Å². The molecule has 9 nitrogen and oxygen atoms in total. The fourth-order valence-electron chi connectivity index (χ4n) is 3.64. The molecule has 0 spiro atoms. The highest BCUT2D eigenvalue weighted by Crippen LogP contribution is 2.32. The first-order chi connectivity index (χ1) is 17.2. The first-order valence-electron chi connectivity index (χ1n) is 11.5. The van der Waals surface area contributed by atoms with Gasteiger partial charge in [0.15, 0.2) is 6.10 Å². The third-order valence-corrected chi connectivity index (χ3v) is 5.71. The van der Waals surface area contributed by atoms with Gasteiger partial charge in [-0.3, -0.25) is 9.80 Å². The summed E-state index contributed by atoms with van der Waals surface area (Å²) in [6.07, 6.45) is -1.83. The zero-order chi connectivity index (χ0) is 26.8. The Hall–Kier alpha value is -3.31. The first-order valence-corrected chi connectivity index (χ1v) is 11.5. The molecule has 5 N–H and O–H groups in total. The summed E-state index contributed by atoms with van der Waals surface area (Å²) < 4.78 is 23.3. The molecule has 2 aliphatic heterocycles. The Labute approximate surface area is 209 Å². The molecule has 36 heavy (non-hydrogen) atoms. The molecular formula is C26H33FN2O7. The molecule has 0 radical (unpaired) electrons. The number of nitrogens with two attached hydrogens (primary N) is 1. The summed E-state index contributed by atoms with van der Waals surface area (Å²) in [6, 6.07) is 12.8. The van der Waals surface area contributed by atoms with Crippen LogP contribution in [0.5, 0.6) is 5.75 Å². The average Bonchev–Trinajstić information content (AvgIpc) is 2.89. The van der Waals surface area contributed by atoms with E-state index in [2.05, 4.69) is 13.2 Å². The second kappa shape index (κ2) is 13.7. The number of halogens is 1. The minimum absolute atomic E-state index is 0.0518. The van der Waals surface area contributed by atoms with Crippen molar-refractivity contribution in [2.45, 2.75) is 63.3 Å². The SMILES string of the molecule is C=C.CC[C@H](O)c1ccc(F)cc1.NN1C(=O)C[C@H]1c1ccc(O[C@H]2C[C@@H](O)C[C@@H](C(=O)O)O2)cc1. The number of β-lactam (4-membered cyclic amide) rings is 1. The summed E-state index contributed by atoms with van der Waals surface area (Å²) in [4.78, 5) is 22.1. The lowest BCUT2D eigenvalue weighted by atomic mass is 9.96. The number of carbonyl (C=O) groups is 2. The summed E-state index contributed by atoms with van der Waals surface area (Å²) >= 11 is 0. The Morgan fingerprint density at radius 1 is 1.19 bits per heavy atom. The molecule has 196 valence electrons. The van der Waals surface area contributed by atoms with E-state index in [1.54, 1.807) is 36.4 Å². The molecule has 2 aromatic carbocycles. The molecule has 2 aliphatic rings. The van der Waals surface area contributed by atoms with E-state index in [1.165, 1.54) is 17.1 Å². The van der Waals surface area contributed by atoms with Gasteiger partial charge < -0.3 is 24.8 Å². The Morgan fingerprint density at radius 3 is 2.31 bits per heavy atom. The molecular weight excluding hydrogens is 471 g/mol. The lowest BCUT2D eigenvalue weighted by Crippen LogP contribution is -2.50. The van der Waals surface area contributed by atoms with Crippen LogP contribution in [0.3, 0.4) is 0 Å². The van der Waals surface area contributed by atoms with Crippen molar-refractivity contribution in [1.29, 1.82) is 0 Å². The van der Waals surface area contributed by atoms with Gasteiger partial charge in [0.1, 0.15) is 11.6 Å². The van der Waals surface area contributed by atoms with Crippen LogP contribution in [-0.2, 0) is 14.3 Å². The third kappa shape index (κ3) is 7.85. The van der Waals surface area contributed by atoms with E-state index in [0.29, 0.717) is 18.6 Å². The lowest BCUT2D eigenvalue weighted by molar-refractivity contribution is -0.195. The van der Waals surface area contributed by atoms with Crippen molar-refractivity contribution in [3.05, 3.63) is 78.6 Å². The summed E-state index contributed by atoms with van der Waals surface area (Å²) in [5, 5.41) is 29.2. The largest absolute Gasteiger partial charge is 0.479 e. The second-order valence-electron chi connectivity index (χ2n) is 8.20. The number of hydrogen-bond acceptors (Lipinski definition) is 7. The zero-order valence-electron chi connectivity index (χ0n) is 20.1. The third-order valence-electron chi connectivity index (χ3n) is 5.71. The number of aliphatic hydroxyl groups excluding tert-OH is 2. The number of aliphatic hydroxyl groups is 2. The van der Waals surface area contributed by atoms with Crippen molar-refractivity contribution in [3.8, 4) is 5.75 Å². The normalized spacial score (nSPS) is 23.7. The van der Waals surface area contributed by atoms with Crippen LogP contribution < -0.4 is 10.6 Å². The number of benzene rings is 2. The molecule has 0 unspecified atom stereocenters. The van der Waals surface area contributed by atoms with Crippen LogP contribution in [0.25, 0.3) is 0 Å². The van der Waals surface area contributed by atoms with Gasteiger partial charge in [0.25, 0.3) is 0 Å². The van der Waals surface area contributed by atoms with Gasteiger partial charge in [0, 0.05) is 12.8 Å². The Kier molecular flexibility index (Phi) is 11.0. The van der Waals surface area contributed by atoms with Gasteiger partial charge in [-0.05, 0) is 41.8 Å². The number of aliphatic carboxylic acids is 1. The number of hydrazine groups is 1. The van der Waals surface area contributed by atoms with Gasteiger partial charge in [-0.25, -0.2) is 15.0 Å². The van der Waals surface area contributed by atoms with Crippen LogP contribution in [-0.4, -0.2) is 50.7 Å². The summed E-state index contributed by atoms with van der Waals surface area (Å²) in [7, 11) is 0. The fourth-order valence-corrected chi connectivity index (χ4v) is 3.64. The van der Waals surface area contributed by atoms with E-state index in [4.69, 9.17) is 20.4 Å². The Morgan fingerprint density at radius 2 is 1.81 bits per heavy atom. The molecule has 0 aliphatic carbocycles. The summed E-state index contributed by atoms with van der Waals surface area (Å²) in [5.41, 5.74) is 1.67. The number of carboxylic acids is 1. The van der Waals surface area contributed by atoms with E-state index in [0.717, 1.165) is 11.1 Å². The van der Waals surface area contributed by atoms with Crippen LogP contribution in [0.4, 0.5) is 4.39 Å². The molecule has 1 amide bonds. The maximum absolute atomic E-state index is 12.4. The van der Waals surface area contributed by atoms with E-state index in [1.807, 2.05) is 6.92 Å². The van der Waals surface area contributed by atoms with Gasteiger partial charge >= 0.3 is 5.97 Å². The molecule has 0 saturated carbocycles. The topological polar surface area (TPSA) is 143 Å². The number of hydrogen-bond donors (Lipinski definition) is 4. The zero-order valence-corrected chi connectivity index (χ0v) is 20.1. The van der Waals surface area contributed by atoms with Crippen LogP contribution in [0.2, 0.25) is 0 Å². The number of carbonyl (C=O) groups excluding carboxylic acids is 1. The van der Waals surface area contributed by atoms with Crippen LogP contribution >= 0.6 is 0 Å². The van der Waals surface area contributed by atoms with E-state index in [9.17, 15) is 24.2 Å².